The summed E-state index contributed by atoms with van der Waals surface area (Å²) in [7, 11) is 0. The predicted molar refractivity (Wildman–Crippen MR) is 77.1 cm³/mol. The maximum absolute atomic E-state index is 13.9. The van der Waals surface area contributed by atoms with Gasteiger partial charge in [0.15, 0.2) is 0 Å². The first-order chi connectivity index (χ1) is 10.7. The molecule has 1 aromatic carbocycles. The molecule has 122 valence electrons. The van der Waals surface area contributed by atoms with E-state index < -0.39 is 29.1 Å². The van der Waals surface area contributed by atoms with Crippen molar-refractivity contribution in [1.29, 1.82) is 5.26 Å². The minimum Gasteiger partial charge on any atom is -0.332 e. The summed E-state index contributed by atoms with van der Waals surface area (Å²) in [5, 5.41) is 8.96. The Morgan fingerprint density at radius 3 is 2.65 bits per heavy atom. The summed E-state index contributed by atoms with van der Waals surface area (Å²) in [4.78, 5) is 14.1. The zero-order valence-electron chi connectivity index (χ0n) is 12.9. The second-order valence-electron chi connectivity index (χ2n) is 6.77. The lowest BCUT2D eigenvalue weighted by atomic mass is 9.80. The molecule has 2 heterocycles. The Labute approximate surface area is 132 Å². The minimum atomic E-state index is -3.11. The van der Waals surface area contributed by atoms with E-state index in [4.69, 9.17) is 5.26 Å². The van der Waals surface area contributed by atoms with E-state index in [0.717, 1.165) is 13.0 Å². The van der Waals surface area contributed by atoms with Crippen LogP contribution in [0.1, 0.15) is 50.3 Å². The van der Waals surface area contributed by atoms with Crippen molar-refractivity contribution >= 4 is 5.91 Å². The molecule has 0 bridgehead atoms. The average Bonchev–Trinajstić information content (AvgIpc) is 2.97. The van der Waals surface area contributed by atoms with Gasteiger partial charge in [-0.2, -0.15) is 5.26 Å². The number of carbonyl (C=O) groups is 1. The standard InChI is InChI=1S/C17H17F3N2O/c1-16(17(2,19)20)8-13-3-4-14(22(13)15(16)23)11-5-10(9-21)6-12(18)7-11/h5-7,13-14H,3-4,8H2,1-2H3/t13-,14+,16?/m0/s1. The van der Waals surface area contributed by atoms with Crippen LogP contribution in [0.2, 0.25) is 0 Å². The van der Waals surface area contributed by atoms with Crippen molar-refractivity contribution in [3.8, 4) is 6.07 Å². The molecule has 1 unspecified atom stereocenters. The van der Waals surface area contributed by atoms with Crippen LogP contribution < -0.4 is 0 Å². The van der Waals surface area contributed by atoms with Gasteiger partial charge in [-0.15, -0.1) is 0 Å². The molecule has 3 nitrogen and oxygen atoms in total. The van der Waals surface area contributed by atoms with E-state index in [-0.39, 0.29) is 18.0 Å². The number of alkyl halides is 2. The Kier molecular flexibility index (Phi) is 3.44. The molecule has 1 aromatic rings. The highest BCUT2D eigenvalue weighted by Crippen LogP contribution is 2.54. The molecule has 0 aliphatic carbocycles. The van der Waals surface area contributed by atoms with Crippen LogP contribution in [-0.2, 0) is 4.79 Å². The fraction of sp³-hybridized carbons (Fsp3) is 0.529. The van der Waals surface area contributed by atoms with E-state index in [2.05, 4.69) is 0 Å². The predicted octanol–water partition coefficient (Wildman–Crippen LogP) is 3.79. The summed E-state index contributed by atoms with van der Waals surface area (Å²) in [6.07, 6.45) is 1.31. The topological polar surface area (TPSA) is 44.1 Å². The molecule has 0 N–H and O–H groups in total. The number of halogens is 3. The maximum Gasteiger partial charge on any atom is 0.259 e. The molecule has 23 heavy (non-hydrogen) atoms. The number of carbonyl (C=O) groups excluding carboxylic acids is 1. The van der Waals surface area contributed by atoms with Gasteiger partial charge in [0.1, 0.15) is 11.2 Å². The van der Waals surface area contributed by atoms with Crippen LogP contribution in [0.3, 0.4) is 0 Å². The second-order valence-corrected chi connectivity index (χ2v) is 6.77. The quantitative estimate of drug-likeness (QED) is 0.831. The first-order valence-corrected chi connectivity index (χ1v) is 7.58. The smallest absolute Gasteiger partial charge is 0.259 e. The Morgan fingerprint density at radius 1 is 1.35 bits per heavy atom. The number of rotatable bonds is 2. The number of benzene rings is 1. The molecular formula is C17H17F3N2O. The van der Waals surface area contributed by atoms with E-state index in [1.807, 2.05) is 6.07 Å². The molecular weight excluding hydrogens is 305 g/mol. The van der Waals surface area contributed by atoms with Crippen molar-refractivity contribution in [2.45, 2.75) is 51.1 Å². The number of nitrogens with zero attached hydrogens (tertiary/aromatic N) is 2. The van der Waals surface area contributed by atoms with E-state index in [1.54, 1.807) is 0 Å². The lowest BCUT2D eigenvalue weighted by Crippen LogP contribution is -2.44. The van der Waals surface area contributed by atoms with Crippen molar-refractivity contribution in [3.63, 3.8) is 0 Å². The van der Waals surface area contributed by atoms with Crippen LogP contribution in [0.25, 0.3) is 0 Å². The Morgan fingerprint density at radius 2 is 2.04 bits per heavy atom. The SMILES string of the molecule is CC(F)(F)C1(C)C[C@@H]2CC[C@H](c3cc(F)cc(C#N)c3)N2C1=O. The summed E-state index contributed by atoms with van der Waals surface area (Å²) in [6, 6.07) is 5.11. The van der Waals surface area contributed by atoms with Crippen LogP contribution in [0.15, 0.2) is 18.2 Å². The van der Waals surface area contributed by atoms with Crippen molar-refractivity contribution < 1.29 is 18.0 Å². The fourth-order valence-electron chi connectivity index (χ4n) is 3.80. The van der Waals surface area contributed by atoms with Gasteiger partial charge in [-0.1, -0.05) is 0 Å². The van der Waals surface area contributed by atoms with Crippen molar-refractivity contribution in [2.75, 3.05) is 0 Å². The van der Waals surface area contributed by atoms with Gasteiger partial charge in [0, 0.05) is 13.0 Å². The van der Waals surface area contributed by atoms with Gasteiger partial charge in [0.05, 0.1) is 17.7 Å². The molecule has 3 rings (SSSR count). The molecule has 2 aliphatic rings. The van der Waals surface area contributed by atoms with Gasteiger partial charge in [-0.05, 0) is 49.9 Å². The Hall–Kier alpha value is -2.03. The first kappa shape index (κ1) is 15.9. The molecule has 0 saturated carbocycles. The summed E-state index contributed by atoms with van der Waals surface area (Å²) >= 11 is 0. The van der Waals surface area contributed by atoms with Gasteiger partial charge < -0.3 is 4.90 Å². The van der Waals surface area contributed by atoms with Crippen LogP contribution in [0.5, 0.6) is 0 Å². The fourth-order valence-corrected chi connectivity index (χ4v) is 3.80. The van der Waals surface area contributed by atoms with Crippen molar-refractivity contribution in [1.82, 2.24) is 4.90 Å². The van der Waals surface area contributed by atoms with Gasteiger partial charge in [0.25, 0.3) is 5.92 Å². The highest BCUT2D eigenvalue weighted by atomic mass is 19.3. The first-order valence-electron chi connectivity index (χ1n) is 7.58. The van der Waals surface area contributed by atoms with E-state index in [9.17, 15) is 18.0 Å². The van der Waals surface area contributed by atoms with Gasteiger partial charge >= 0.3 is 0 Å². The molecule has 1 amide bonds. The van der Waals surface area contributed by atoms with E-state index in [0.29, 0.717) is 18.4 Å². The largest absolute Gasteiger partial charge is 0.332 e. The molecule has 0 spiro atoms. The maximum atomic E-state index is 13.9. The number of hydrogen-bond acceptors (Lipinski definition) is 2. The third kappa shape index (κ3) is 2.30. The molecule has 2 aliphatic heterocycles. The molecule has 3 atom stereocenters. The van der Waals surface area contributed by atoms with Crippen molar-refractivity contribution in [3.05, 3.63) is 35.1 Å². The Bertz CT molecular complexity index is 707. The molecule has 2 fully saturated rings. The lowest BCUT2D eigenvalue weighted by molar-refractivity contribution is -0.156. The van der Waals surface area contributed by atoms with Gasteiger partial charge in [-0.3, -0.25) is 4.79 Å². The normalized spacial score (nSPS) is 30.4. The summed E-state index contributed by atoms with van der Waals surface area (Å²) in [5.74, 6) is -4.25. The monoisotopic (exact) mass is 322 g/mol. The summed E-state index contributed by atoms with van der Waals surface area (Å²) < 4.78 is 41.5. The average molecular weight is 322 g/mol. The number of fused-ring (bicyclic) bond motifs is 1. The van der Waals surface area contributed by atoms with Crippen LogP contribution in [0.4, 0.5) is 13.2 Å². The zero-order chi connectivity index (χ0) is 17.0. The summed E-state index contributed by atoms with van der Waals surface area (Å²) in [5.41, 5.74) is -1.05. The van der Waals surface area contributed by atoms with E-state index in [1.165, 1.54) is 24.0 Å². The second kappa shape index (κ2) is 4.98. The van der Waals surface area contributed by atoms with Crippen molar-refractivity contribution in [2.24, 2.45) is 5.41 Å². The molecule has 6 heteroatoms. The minimum absolute atomic E-state index is 0.103. The molecule has 2 saturated heterocycles. The van der Waals surface area contributed by atoms with Gasteiger partial charge in [-0.25, -0.2) is 13.2 Å². The van der Waals surface area contributed by atoms with E-state index >= 15 is 0 Å². The lowest BCUT2D eigenvalue weighted by Gasteiger charge is -2.31. The number of hydrogen-bond donors (Lipinski definition) is 0. The van der Waals surface area contributed by atoms with Crippen LogP contribution >= 0.6 is 0 Å². The summed E-state index contributed by atoms with van der Waals surface area (Å²) in [6.45, 7) is 2.08. The molecule has 0 aromatic heterocycles. The number of nitriles is 1. The third-order valence-corrected chi connectivity index (χ3v) is 5.26. The number of amides is 1. The third-order valence-electron chi connectivity index (χ3n) is 5.26. The van der Waals surface area contributed by atoms with Crippen LogP contribution in [0, 0.1) is 22.6 Å². The van der Waals surface area contributed by atoms with Gasteiger partial charge in [0.2, 0.25) is 5.91 Å². The van der Waals surface area contributed by atoms with Crippen LogP contribution in [-0.4, -0.2) is 22.8 Å². The zero-order valence-corrected chi connectivity index (χ0v) is 12.9. The highest BCUT2D eigenvalue weighted by molar-refractivity contribution is 5.87. The molecule has 0 radical (unpaired) electrons. The Balaban J connectivity index is 1.98. The highest BCUT2D eigenvalue weighted by Gasteiger charge is 2.62.